The third-order valence-corrected chi connectivity index (χ3v) is 11.9. The lowest BCUT2D eigenvalue weighted by atomic mass is 9.72. The molecule has 2 aliphatic rings. The van der Waals surface area contributed by atoms with Crippen LogP contribution >= 0.6 is 0 Å². The first-order chi connectivity index (χ1) is 25.5. The molecule has 54 heavy (non-hydrogen) atoms. The number of aromatic nitrogens is 2. The summed E-state index contributed by atoms with van der Waals surface area (Å²) in [5, 5.41) is 2.42. The van der Waals surface area contributed by atoms with Crippen LogP contribution in [-0.4, -0.2) is 28.1 Å². The summed E-state index contributed by atoms with van der Waals surface area (Å²) in [7, 11) is 0. The highest BCUT2D eigenvalue weighted by atomic mass is 16.5. The molecule has 4 aromatic carbocycles. The Balaban J connectivity index is 1.34. The fraction of sp³-hybridized carbons (Fsp3) is 0.388. The number of hydrogen-bond donors (Lipinski definition) is 0. The lowest BCUT2D eigenvalue weighted by Crippen LogP contribution is -2.27. The molecule has 0 bridgehead atoms. The number of pyridine rings is 1. The van der Waals surface area contributed by atoms with Gasteiger partial charge in [-0.1, -0.05) is 100 Å². The average molecular weight is 718 g/mol. The van der Waals surface area contributed by atoms with Crippen molar-refractivity contribution in [2.24, 2.45) is 10.9 Å². The maximum absolute atomic E-state index is 7.07. The molecular formula is C49H55N3O2. The van der Waals surface area contributed by atoms with E-state index in [1.54, 1.807) is 0 Å². The number of hydrogen-bond acceptors (Lipinski definition) is 4. The van der Waals surface area contributed by atoms with Gasteiger partial charge in [0.2, 0.25) is 5.90 Å². The first kappa shape index (κ1) is 36.1. The number of ether oxygens (including phenoxy) is 2. The second-order valence-electron chi connectivity index (χ2n) is 18.2. The van der Waals surface area contributed by atoms with Gasteiger partial charge >= 0.3 is 0 Å². The Morgan fingerprint density at radius 1 is 0.815 bits per heavy atom. The molecule has 0 aliphatic carbocycles. The summed E-state index contributed by atoms with van der Waals surface area (Å²) < 4.78 is 15.7. The molecule has 4 heterocycles. The third kappa shape index (κ3) is 5.82. The quantitative estimate of drug-likeness (QED) is 0.165. The second-order valence-corrected chi connectivity index (χ2v) is 18.2. The normalized spacial score (nSPS) is 16.4. The minimum absolute atomic E-state index is 0.00903. The summed E-state index contributed by atoms with van der Waals surface area (Å²) in [6.45, 7) is 27.9. The van der Waals surface area contributed by atoms with Crippen molar-refractivity contribution in [2.75, 3.05) is 6.61 Å². The molecular weight excluding hydrogens is 663 g/mol. The summed E-state index contributed by atoms with van der Waals surface area (Å²) in [5.41, 5.74) is 14.1. The Labute approximate surface area is 321 Å². The van der Waals surface area contributed by atoms with Gasteiger partial charge in [-0.3, -0.25) is 4.57 Å². The van der Waals surface area contributed by atoms with Gasteiger partial charge in [0.1, 0.15) is 23.8 Å². The molecule has 8 rings (SSSR count). The maximum Gasteiger partial charge on any atom is 0.216 e. The molecule has 2 aromatic heterocycles. The molecule has 278 valence electrons. The fourth-order valence-corrected chi connectivity index (χ4v) is 8.56. The monoisotopic (exact) mass is 717 g/mol. The summed E-state index contributed by atoms with van der Waals surface area (Å²) in [4.78, 5) is 10.1. The largest absolute Gasteiger partial charge is 0.475 e. The van der Waals surface area contributed by atoms with Gasteiger partial charge in [0.25, 0.3) is 0 Å². The van der Waals surface area contributed by atoms with E-state index in [0.29, 0.717) is 30.3 Å². The fourth-order valence-electron chi connectivity index (χ4n) is 8.56. The van der Waals surface area contributed by atoms with Gasteiger partial charge in [-0.25, -0.2) is 9.98 Å². The van der Waals surface area contributed by atoms with Crippen molar-refractivity contribution in [3.05, 3.63) is 118 Å². The van der Waals surface area contributed by atoms with Crippen molar-refractivity contribution in [3.8, 4) is 28.3 Å². The SMILES string of the molecule is Cc1cc2c(cc1Oc1cc(C3=N[C@H](C(C)C)CO3)cc(-c3c(C(C)C)cccc3C(C)C)c1)-n1c3ncccc3c3cc(C(C)(C)C)cc(c31)C2(C)C. The Kier molecular flexibility index (Phi) is 8.59. The Morgan fingerprint density at radius 3 is 2.17 bits per heavy atom. The third-order valence-electron chi connectivity index (χ3n) is 11.9. The first-order valence-corrected chi connectivity index (χ1v) is 19.8. The highest BCUT2D eigenvalue weighted by molar-refractivity contribution is 6.10. The van der Waals surface area contributed by atoms with Crippen LogP contribution in [0.4, 0.5) is 0 Å². The van der Waals surface area contributed by atoms with Crippen molar-refractivity contribution < 1.29 is 9.47 Å². The number of aryl methyl sites for hydroxylation is 1. The van der Waals surface area contributed by atoms with Crippen LogP contribution in [0.3, 0.4) is 0 Å². The van der Waals surface area contributed by atoms with Gasteiger partial charge in [-0.15, -0.1) is 0 Å². The highest BCUT2D eigenvalue weighted by Crippen LogP contribution is 2.50. The van der Waals surface area contributed by atoms with Crippen molar-refractivity contribution in [1.82, 2.24) is 9.55 Å². The van der Waals surface area contributed by atoms with E-state index in [2.05, 4.69) is 160 Å². The van der Waals surface area contributed by atoms with E-state index in [4.69, 9.17) is 19.5 Å². The van der Waals surface area contributed by atoms with Gasteiger partial charge in [-0.05, 0) is 117 Å². The molecule has 0 spiro atoms. The zero-order valence-corrected chi connectivity index (χ0v) is 34.2. The molecule has 0 saturated carbocycles. The minimum Gasteiger partial charge on any atom is -0.475 e. The molecule has 1 atom stereocenters. The lowest BCUT2D eigenvalue weighted by molar-refractivity contribution is 0.292. The summed E-state index contributed by atoms with van der Waals surface area (Å²) >= 11 is 0. The molecule has 0 unspecified atom stereocenters. The van der Waals surface area contributed by atoms with E-state index in [-0.39, 0.29) is 16.9 Å². The highest BCUT2D eigenvalue weighted by Gasteiger charge is 2.37. The van der Waals surface area contributed by atoms with Gasteiger partial charge in [0, 0.05) is 34.0 Å². The van der Waals surface area contributed by atoms with E-state index in [1.165, 1.54) is 49.7 Å². The Morgan fingerprint density at radius 2 is 1.52 bits per heavy atom. The Hall–Kier alpha value is -4.90. The minimum atomic E-state index is -0.242. The molecule has 5 nitrogen and oxygen atoms in total. The van der Waals surface area contributed by atoms with Crippen LogP contribution in [0, 0.1) is 12.8 Å². The van der Waals surface area contributed by atoms with E-state index in [0.717, 1.165) is 39.5 Å². The first-order valence-electron chi connectivity index (χ1n) is 19.8. The van der Waals surface area contributed by atoms with Crippen LogP contribution in [-0.2, 0) is 15.6 Å². The van der Waals surface area contributed by atoms with Crippen molar-refractivity contribution in [1.29, 1.82) is 0 Å². The molecule has 0 N–H and O–H groups in total. The number of nitrogens with zero attached hydrogens (tertiary/aromatic N) is 3. The van der Waals surface area contributed by atoms with E-state index < -0.39 is 0 Å². The molecule has 6 aromatic rings. The zero-order valence-electron chi connectivity index (χ0n) is 34.2. The van der Waals surface area contributed by atoms with Gasteiger partial charge in [0.05, 0.1) is 17.2 Å². The van der Waals surface area contributed by atoms with Gasteiger partial charge in [0.15, 0.2) is 0 Å². The van der Waals surface area contributed by atoms with Crippen LogP contribution in [0.1, 0.15) is 127 Å². The average Bonchev–Trinajstić information content (AvgIpc) is 3.75. The van der Waals surface area contributed by atoms with Crippen LogP contribution in [0.2, 0.25) is 0 Å². The van der Waals surface area contributed by atoms with Crippen LogP contribution in [0.15, 0.2) is 84.0 Å². The molecule has 5 heteroatoms. The summed E-state index contributed by atoms with van der Waals surface area (Å²) in [6, 6.07) is 27.1. The number of benzene rings is 4. The molecule has 2 aliphatic heterocycles. The predicted octanol–water partition coefficient (Wildman–Crippen LogP) is 12.9. The molecule has 0 radical (unpaired) electrons. The van der Waals surface area contributed by atoms with Gasteiger partial charge < -0.3 is 9.47 Å². The van der Waals surface area contributed by atoms with Crippen LogP contribution in [0.25, 0.3) is 38.8 Å². The van der Waals surface area contributed by atoms with Crippen molar-refractivity contribution >= 4 is 27.8 Å². The van der Waals surface area contributed by atoms with Crippen LogP contribution in [0.5, 0.6) is 11.5 Å². The summed E-state index contributed by atoms with van der Waals surface area (Å²) in [5.74, 6) is 3.39. The maximum atomic E-state index is 7.07. The van der Waals surface area contributed by atoms with Crippen molar-refractivity contribution in [3.63, 3.8) is 0 Å². The van der Waals surface area contributed by atoms with Crippen LogP contribution < -0.4 is 4.74 Å². The van der Waals surface area contributed by atoms with E-state index >= 15 is 0 Å². The number of rotatable bonds is 7. The topological polar surface area (TPSA) is 48.6 Å². The van der Waals surface area contributed by atoms with E-state index in [9.17, 15) is 0 Å². The number of aliphatic imine (C=N–C) groups is 1. The zero-order chi connectivity index (χ0) is 38.4. The van der Waals surface area contributed by atoms with Gasteiger partial charge in [-0.2, -0.15) is 0 Å². The molecule has 0 fully saturated rings. The van der Waals surface area contributed by atoms with E-state index in [1.807, 2.05) is 6.20 Å². The second kappa shape index (κ2) is 12.9. The standard InChI is InChI=1S/C49H55N3O2/c1-27(2)35-15-13-16-36(28(3)4)44(35)31-20-32(47-51-41(26-53-47)29(5)6)22-34(21-31)54-43-25-42-39(19-30(43)7)49(11,12)40-24-33(48(8,9)10)23-38-37-17-14-18-50-46(37)52(42)45(38)40/h13-25,27-29,41H,26H2,1-12H3/t41-/m0/s1. The number of fused-ring (bicyclic) bond motifs is 5. The molecule has 0 saturated heterocycles. The Bertz CT molecular complexity index is 2460. The predicted molar refractivity (Wildman–Crippen MR) is 225 cm³/mol. The smallest absolute Gasteiger partial charge is 0.216 e. The lowest BCUT2D eigenvalue weighted by Gasteiger charge is -2.36. The summed E-state index contributed by atoms with van der Waals surface area (Å²) in [6.07, 6.45) is 1.91. The molecule has 0 amide bonds. The van der Waals surface area contributed by atoms with Crippen molar-refractivity contribution in [2.45, 2.75) is 112 Å².